The molecule has 1 atom stereocenters. The Kier molecular flexibility index (Phi) is 14.2. The summed E-state index contributed by atoms with van der Waals surface area (Å²) in [6, 6.07) is 0. The summed E-state index contributed by atoms with van der Waals surface area (Å²) < 4.78 is 15.7. The molecule has 2 N–H and O–H groups in total. The van der Waals surface area contributed by atoms with Gasteiger partial charge >= 0.3 is 0 Å². The van der Waals surface area contributed by atoms with E-state index in [0.717, 1.165) is 13.0 Å². The van der Waals surface area contributed by atoms with Crippen LogP contribution in [0.25, 0.3) is 0 Å². The topological polar surface area (TPSA) is 60.0 Å². The number of aliphatic hydroxyl groups excluding tert-OH is 1. The van der Waals surface area contributed by atoms with Crippen molar-refractivity contribution in [3.05, 3.63) is 12.7 Å². The standard InChI is InChI=1S/C13H27NO4/c1-3-5-7-17-8-6-14-11-13(15)12-18-10-9-16-4-2/h3,13-15H,1,4-12H2,2H3. The second-order valence-electron chi connectivity index (χ2n) is 3.82. The molecule has 18 heavy (non-hydrogen) atoms. The Morgan fingerprint density at radius 2 is 1.94 bits per heavy atom. The Labute approximate surface area is 110 Å². The number of rotatable bonds is 14. The summed E-state index contributed by atoms with van der Waals surface area (Å²) in [5, 5.41) is 12.7. The molecule has 0 radical (unpaired) electrons. The summed E-state index contributed by atoms with van der Waals surface area (Å²) in [7, 11) is 0. The zero-order chi connectivity index (χ0) is 13.5. The quantitative estimate of drug-likeness (QED) is 0.354. The average Bonchev–Trinajstić information content (AvgIpc) is 2.37. The highest BCUT2D eigenvalue weighted by molar-refractivity contribution is 4.64. The van der Waals surface area contributed by atoms with Gasteiger partial charge < -0.3 is 24.6 Å². The van der Waals surface area contributed by atoms with E-state index in [9.17, 15) is 5.11 Å². The number of nitrogens with one attached hydrogen (secondary N) is 1. The largest absolute Gasteiger partial charge is 0.389 e. The molecule has 5 nitrogen and oxygen atoms in total. The fourth-order valence-corrected chi connectivity index (χ4v) is 1.22. The third-order valence-corrected chi connectivity index (χ3v) is 2.16. The molecule has 1 unspecified atom stereocenters. The summed E-state index contributed by atoms with van der Waals surface area (Å²) in [5.41, 5.74) is 0. The molecule has 0 aliphatic carbocycles. The minimum atomic E-state index is -0.486. The molecule has 0 heterocycles. The van der Waals surface area contributed by atoms with Crippen LogP contribution in [0, 0.1) is 0 Å². The van der Waals surface area contributed by atoms with E-state index in [-0.39, 0.29) is 0 Å². The van der Waals surface area contributed by atoms with Crippen LogP contribution >= 0.6 is 0 Å². The lowest BCUT2D eigenvalue weighted by atomic mass is 10.4. The van der Waals surface area contributed by atoms with Gasteiger partial charge in [0.1, 0.15) is 0 Å². The molecule has 0 aromatic carbocycles. The van der Waals surface area contributed by atoms with E-state index < -0.39 is 6.10 Å². The van der Waals surface area contributed by atoms with Crippen LogP contribution in [0.1, 0.15) is 13.3 Å². The predicted molar refractivity (Wildman–Crippen MR) is 71.8 cm³/mol. The molecule has 5 heteroatoms. The zero-order valence-corrected chi connectivity index (χ0v) is 11.4. The van der Waals surface area contributed by atoms with Crippen molar-refractivity contribution in [2.45, 2.75) is 19.4 Å². The van der Waals surface area contributed by atoms with E-state index >= 15 is 0 Å². The van der Waals surface area contributed by atoms with Gasteiger partial charge in [-0.1, -0.05) is 6.08 Å². The van der Waals surface area contributed by atoms with Crippen LogP contribution < -0.4 is 5.32 Å². The molecule has 0 saturated heterocycles. The predicted octanol–water partition coefficient (Wildman–Crippen LogP) is 0.583. The molecule has 0 amide bonds. The smallest absolute Gasteiger partial charge is 0.0897 e. The van der Waals surface area contributed by atoms with Gasteiger partial charge in [-0.3, -0.25) is 0 Å². The van der Waals surface area contributed by atoms with E-state index in [2.05, 4.69) is 11.9 Å². The van der Waals surface area contributed by atoms with Crippen molar-refractivity contribution in [1.82, 2.24) is 5.32 Å². The molecule has 108 valence electrons. The highest BCUT2D eigenvalue weighted by atomic mass is 16.5. The molecule has 0 bridgehead atoms. The maximum absolute atomic E-state index is 9.56. The molecule has 0 aromatic heterocycles. The first-order valence-electron chi connectivity index (χ1n) is 6.54. The van der Waals surface area contributed by atoms with Crippen molar-refractivity contribution in [2.75, 3.05) is 52.7 Å². The van der Waals surface area contributed by atoms with Crippen molar-refractivity contribution >= 4 is 0 Å². The molecule has 0 fully saturated rings. The Bertz CT molecular complexity index is 178. The molecule has 0 saturated carbocycles. The van der Waals surface area contributed by atoms with Crippen molar-refractivity contribution in [2.24, 2.45) is 0 Å². The third kappa shape index (κ3) is 13.6. The van der Waals surface area contributed by atoms with Crippen molar-refractivity contribution in [3.63, 3.8) is 0 Å². The van der Waals surface area contributed by atoms with Gasteiger partial charge in [0, 0.05) is 19.7 Å². The third-order valence-electron chi connectivity index (χ3n) is 2.16. The van der Waals surface area contributed by atoms with Gasteiger partial charge in [0.25, 0.3) is 0 Å². The summed E-state index contributed by atoms with van der Waals surface area (Å²) >= 11 is 0. The minimum absolute atomic E-state index is 0.331. The molecule has 0 aliphatic rings. The van der Waals surface area contributed by atoms with Gasteiger partial charge in [-0.2, -0.15) is 0 Å². The first-order valence-corrected chi connectivity index (χ1v) is 6.54. The summed E-state index contributed by atoms with van der Waals surface area (Å²) in [4.78, 5) is 0. The number of hydrogen-bond donors (Lipinski definition) is 2. The maximum Gasteiger partial charge on any atom is 0.0897 e. The number of aliphatic hydroxyl groups is 1. The Morgan fingerprint density at radius 1 is 1.17 bits per heavy atom. The van der Waals surface area contributed by atoms with Gasteiger partial charge in [-0.15, -0.1) is 6.58 Å². The summed E-state index contributed by atoms with van der Waals surface area (Å²) in [6.45, 7) is 10.3. The van der Waals surface area contributed by atoms with Crippen LogP contribution in [0.2, 0.25) is 0 Å². The van der Waals surface area contributed by atoms with Crippen LogP contribution in [-0.2, 0) is 14.2 Å². The number of ether oxygens (including phenoxy) is 3. The highest BCUT2D eigenvalue weighted by Gasteiger charge is 2.03. The van der Waals surface area contributed by atoms with E-state index in [1.165, 1.54) is 0 Å². The Balaban J connectivity index is 3.11. The van der Waals surface area contributed by atoms with E-state index in [1.807, 2.05) is 13.0 Å². The van der Waals surface area contributed by atoms with Gasteiger partial charge in [0.05, 0.1) is 39.1 Å². The molecule has 0 spiro atoms. The lowest BCUT2D eigenvalue weighted by Gasteiger charge is -2.12. The molecular formula is C13H27NO4. The monoisotopic (exact) mass is 261 g/mol. The van der Waals surface area contributed by atoms with E-state index in [1.54, 1.807) is 0 Å². The van der Waals surface area contributed by atoms with Crippen LogP contribution in [0.5, 0.6) is 0 Å². The normalized spacial score (nSPS) is 12.6. The Hall–Kier alpha value is -0.460. The van der Waals surface area contributed by atoms with E-state index in [4.69, 9.17) is 14.2 Å². The van der Waals surface area contributed by atoms with E-state index in [0.29, 0.717) is 46.2 Å². The van der Waals surface area contributed by atoms with Crippen molar-refractivity contribution in [3.8, 4) is 0 Å². The highest BCUT2D eigenvalue weighted by Crippen LogP contribution is 1.86. The maximum atomic E-state index is 9.56. The van der Waals surface area contributed by atoms with Crippen LogP contribution in [0.3, 0.4) is 0 Å². The van der Waals surface area contributed by atoms with Gasteiger partial charge in [-0.25, -0.2) is 0 Å². The van der Waals surface area contributed by atoms with Gasteiger partial charge in [-0.05, 0) is 13.3 Å². The SMILES string of the molecule is C=CCCOCCNCC(O)COCCOCC. The fourth-order valence-electron chi connectivity index (χ4n) is 1.22. The summed E-state index contributed by atoms with van der Waals surface area (Å²) in [5.74, 6) is 0. The number of hydrogen-bond acceptors (Lipinski definition) is 5. The van der Waals surface area contributed by atoms with Crippen molar-refractivity contribution < 1.29 is 19.3 Å². The average molecular weight is 261 g/mol. The van der Waals surface area contributed by atoms with Crippen LogP contribution in [0.4, 0.5) is 0 Å². The summed E-state index contributed by atoms with van der Waals surface area (Å²) in [6.07, 6.45) is 2.22. The first-order chi connectivity index (χ1) is 8.81. The fraction of sp³-hybridized carbons (Fsp3) is 0.846. The molecular weight excluding hydrogens is 234 g/mol. The second-order valence-corrected chi connectivity index (χ2v) is 3.82. The second kappa shape index (κ2) is 14.6. The zero-order valence-electron chi connectivity index (χ0n) is 11.4. The van der Waals surface area contributed by atoms with Crippen LogP contribution in [-0.4, -0.2) is 63.9 Å². The molecule has 0 aliphatic heterocycles. The lowest BCUT2D eigenvalue weighted by Crippen LogP contribution is -2.32. The lowest BCUT2D eigenvalue weighted by molar-refractivity contribution is 0.00600. The molecule has 0 rings (SSSR count). The van der Waals surface area contributed by atoms with Gasteiger partial charge in [0.2, 0.25) is 0 Å². The van der Waals surface area contributed by atoms with Crippen LogP contribution in [0.15, 0.2) is 12.7 Å². The van der Waals surface area contributed by atoms with Gasteiger partial charge in [0.15, 0.2) is 0 Å². The van der Waals surface area contributed by atoms with Crippen molar-refractivity contribution in [1.29, 1.82) is 0 Å². The molecule has 0 aromatic rings. The Morgan fingerprint density at radius 3 is 2.67 bits per heavy atom. The first kappa shape index (κ1) is 17.5. The minimum Gasteiger partial charge on any atom is -0.389 e.